The van der Waals surface area contributed by atoms with Gasteiger partial charge in [0.2, 0.25) is 5.91 Å². The Morgan fingerprint density at radius 3 is 2.65 bits per heavy atom. The van der Waals surface area contributed by atoms with E-state index in [1.165, 1.54) is 23.4 Å². The second kappa shape index (κ2) is 5.74. The number of sulfone groups is 1. The van der Waals surface area contributed by atoms with Gasteiger partial charge in [0, 0.05) is 37.3 Å². The third kappa shape index (κ3) is 2.84. The molecular weight excluding hydrogens is 318 g/mol. The molecule has 2 heterocycles. The molecule has 7 nitrogen and oxygen atoms in total. The molecular formula is C15H19N3O4S. The van der Waals surface area contributed by atoms with Gasteiger partial charge in [0.05, 0.1) is 6.54 Å². The van der Waals surface area contributed by atoms with Gasteiger partial charge in [-0.15, -0.1) is 6.42 Å². The fourth-order valence-electron chi connectivity index (χ4n) is 2.56. The number of hydrogen-bond donors (Lipinski definition) is 1. The molecule has 0 fully saturated rings. The zero-order chi connectivity index (χ0) is 17.4. The number of fused-ring (bicyclic) bond motifs is 1. The first-order valence-corrected chi connectivity index (χ1v) is 8.92. The van der Waals surface area contributed by atoms with Gasteiger partial charge in [-0.25, -0.2) is 13.2 Å². The van der Waals surface area contributed by atoms with Crippen molar-refractivity contribution >= 4 is 21.8 Å². The van der Waals surface area contributed by atoms with Crippen LogP contribution in [-0.4, -0.2) is 54.4 Å². The summed E-state index contributed by atoms with van der Waals surface area (Å²) in [6.07, 6.45) is 7.92. The Labute approximate surface area is 135 Å². The van der Waals surface area contributed by atoms with Crippen molar-refractivity contribution in [2.75, 3.05) is 19.8 Å². The number of carbonyl (C=O) groups is 2. The van der Waals surface area contributed by atoms with E-state index in [-0.39, 0.29) is 19.0 Å². The number of carbonyl (C=O) groups excluding carboxylic acids is 2. The molecule has 2 rings (SSSR count). The molecule has 1 N–H and O–H groups in total. The molecule has 1 aliphatic heterocycles. The standard InChI is InChI=1S/C15H19N3O4S/c1-5-11-8-12-10-17(14(20)18(12)9-11)7-6-15(2,13(19)16-3)23(4,21)22/h1,8-9H,6-7,10H2,2-4H3,(H,16,19)/t15-/m1/s1. The van der Waals surface area contributed by atoms with Crippen molar-refractivity contribution in [3.63, 3.8) is 0 Å². The van der Waals surface area contributed by atoms with E-state index in [1.54, 1.807) is 12.3 Å². The number of rotatable bonds is 5. The van der Waals surface area contributed by atoms with Crippen molar-refractivity contribution in [1.29, 1.82) is 0 Å². The topological polar surface area (TPSA) is 88.5 Å². The Hall–Kier alpha value is -2.27. The van der Waals surface area contributed by atoms with Crippen LogP contribution in [0.25, 0.3) is 0 Å². The van der Waals surface area contributed by atoms with Gasteiger partial charge in [0.15, 0.2) is 9.84 Å². The zero-order valence-corrected chi connectivity index (χ0v) is 14.1. The highest BCUT2D eigenvalue weighted by molar-refractivity contribution is 7.92. The van der Waals surface area contributed by atoms with Crippen molar-refractivity contribution in [1.82, 2.24) is 14.8 Å². The van der Waals surface area contributed by atoms with Crippen molar-refractivity contribution in [2.45, 2.75) is 24.6 Å². The second-order valence-corrected chi connectivity index (χ2v) is 8.22. The van der Waals surface area contributed by atoms with Crippen molar-refractivity contribution in [3.05, 3.63) is 23.5 Å². The number of nitrogens with one attached hydrogen (secondary N) is 1. The maximum absolute atomic E-state index is 12.3. The fourth-order valence-corrected chi connectivity index (χ4v) is 3.46. The summed E-state index contributed by atoms with van der Waals surface area (Å²) in [5, 5.41) is 2.38. The molecule has 0 radical (unpaired) electrons. The number of aromatic nitrogens is 1. The van der Waals surface area contributed by atoms with E-state index in [0.29, 0.717) is 12.1 Å². The summed E-state index contributed by atoms with van der Waals surface area (Å²) in [5.74, 6) is 1.88. The average Bonchev–Trinajstić information content (AvgIpc) is 3.02. The van der Waals surface area contributed by atoms with Gasteiger partial charge in [0.25, 0.3) is 0 Å². The van der Waals surface area contributed by atoms with Gasteiger partial charge in [0.1, 0.15) is 4.75 Å². The quantitative estimate of drug-likeness (QED) is 0.777. The van der Waals surface area contributed by atoms with E-state index in [4.69, 9.17) is 6.42 Å². The Morgan fingerprint density at radius 1 is 1.52 bits per heavy atom. The van der Waals surface area contributed by atoms with Crippen LogP contribution in [0.2, 0.25) is 0 Å². The van der Waals surface area contributed by atoms with Crippen LogP contribution >= 0.6 is 0 Å². The summed E-state index contributed by atoms with van der Waals surface area (Å²) in [7, 11) is -2.24. The molecule has 1 aromatic rings. The van der Waals surface area contributed by atoms with E-state index < -0.39 is 20.5 Å². The first-order chi connectivity index (χ1) is 10.6. The minimum absolute atomic E-state index is 0.0179. The maximum Gasteiger partial charge on any atom is 0.328 e. The molecule has 2 amide bonds. The van der Waals surface area contributed by atoms with Gasteiger partial charge < -0.3 is 10.2 Å². The van der Waals surface area contributed by atoms with Crippen LogP contribution in [0.3, 0.4) is 0 Å². The highest BCUT2D eigenvalue weighted by Crippen LogP contribution is 2.25. The van der Waals surface area contributed by atoms with Crippen LogP contribution in [0, 0.1) is 12.3 Å². The molecule has 23 heavy (non-hydrogen) atoms. The number of amides is 2. The average molecular weight is 337 g/mol. The summed E-state index contributed by atoms with van der Waals surface area (Å²) in [4.78, 5) is 25.8. The first-order valence-electron chi connectivity index (χ1n) is 7.03. The SMILES string of the molecule is C#Cc1cc2n(c1)C(=O)N(CC[C@](C)(C(=O)NC)S(C)(=O)=O)C2. The van der Waals surface area contributed by atoms with Crippen LogP contribution in [0.4, 0.5) is 4.79 Å². The molecule has 8 heteroatoms. The molecule has 0 bridgehead atoms. The lowest BCUT2D eigenvalue weighted by Gasteiger charge is -2.27. The maximum atomic E-state index is 12.3. The van der Waals surface area contributed by atoms with Crippen LogP contribution < -0.4 is 5.32 Å². The minimum Gasteiger partial charge on any atom is -0.358 e. The Bertz CT molecular complexity index is 803. The largest absolute Gasteiger partial charge is 0.358 e. The predicted octanol–water partition coefficient (Wildman–Crippen LogP) is 0.192. The Kier molecular flexibility index (Phi) is 4.26. The number of terminal acetylenes is 1. The summed E-state index contributed by atoms with van der Waals surface area (Å²) >= 11 is 0. The lowest BCUT2D eigenvalue weighted by atomic mass is 10.1. The minimum atomic E-state index is -3.63. The van der Waals surface area contributed by atoms with Crippen molar-refractivity contribution < 1.29 is 18.0 Å². The van der Waals surface area contributed by atoms with Gasteiger partial charge in [-0.2, -0.15) is 0 Å². The number of hydrogen-bond acceptors (Lipinski definition) is 4. The number of nitrogens with zero attached hydrogens (tertiary/aromatic N) is 2. The summed E-state index contributed by atoms with van der Waals surface area (Å²) in [5.41, 5.74) is 1.38. The predicted molar refractivity (Wildman–Crippen MR) is 85.5 cm³/mol. The third-order valence-electron chi connectivity index (χ3n) is 4.28. The second-order valence-electron chi connectivity index (χ2n) is 5.77. The molecule has 1 aliphatic rings. The van der Waals surface area contributed by atoms with Gasteiger partial charge >= 0.3 is 6.03 Å². The molecule has 0 unspecified atom stereocenters. The molecule has 0 saturated carbocycles. The van der Waals surface area contributed by atoms with Gasteiger partial charge in [-0.3, -0.25) is 9.36 Å². The third-order valence-corrected chi connectivity index (χ3v) is 6.31. The summed E-state index contributed by atoms with van der Waals surface area (Å²) in [6.45, 7) is 1.87. The molecule has 0 spiro atoms. The molecule has 1 aromatic heterocycles. The van der Waals surface area contributed by atoms with Crippen LogP contribution in [0.15, 0.2) is 12.3 Å². The van der Waals surface area contributed by atoms with Crippen LogP contribution in [-0.2, 0) is 21.2 Å². The fraction of sp³-hybridized carbons (Fsp3) is 0.467. The van der Waals surface area contributed by atoms with E-state index >= 15 is 0 Å². The van der Waals surface area contributed by atoms with E-state index in [9.17, 15) is 18.0 Å². The molecule has 124 valence electrons. The lowest BCUT2D eigenvalue weighted by Crippen LogP contribution is -2.50. The summed E-state index contributed by atoms with van der Waals surface area (Å²) < 4.78 is 23.9. The molecule has 0 aromatic carbocycles. The molecule has 0 aliphatic carbocycles. The highest BCUT2D eigenvalue weighted by Gasteiger charge is 2.43. The van der Waals surface area contributed by atoms with E-state index in [2.05, 4.69) is 11.2 Å². The lowest BCUT2D eigenvalue weighted by molar-refractivity contribution is -0.123. The monoisotopic (exact) mass is 337 g/mol. The highest BCUT2D eigenvalue weighted by atomic mass is 32.2. The van der Waals surface area contributed by atoms with Crippen molar-refractivity contribution in [2.24, 2.45) is 0 Å². The normalized spacial score (nSPS) is 16.6. The molecule has 0 saturated heterocycles. The molecule has 1 atom stereocenters. The van der Waals surface area contributed by atoms with Crippen molar-refractivity contribution in [3.8, 4) is 12.3 Å². The smallest absolute Gasteiger partial charge is 0.328 e. The Balaban J connectivity index is 2.15. The first kappa shape index (κ1) is 17.1. The van der Waals surface area contributed by atoms with Gasteiger partial charge in [-0.05, 0) is 19.4 Å². The van der Waals surface area contributed by atoms with E-state index in [0.717, 1.165) is 11.9 Å². The van der Waals surface area contributed by atoms with Gasteiger partial charge in [-0.1, -0.05) is 5.92 Å². The summed E-state index contributed by atoms with van der Waals surface area (Å²) in [6, 6.07) is 1.47. The zero-order valence-electron chi connectivity index (χ0n) is 13.3. The van der Waals surface area contributed by atoms with Crippen LogP contribution in [0.5, 0.6) is 0 Å². The van der Waals surface area contributed by atoms with Crippen LogP contribution in [0.1, 0.15) is 24.6 Å². The Morgan fingerprint density at radius 2 is 2.17 bits per heavy atom. The van der Waals surface area contributed by atoms with E-state index in [1.807, 2.05) is 0 Å².